The van der Waals surface area contributed by atoms with E-state index in [1.54, 1.807) is 6.92 Å². The van der Waals surface area contributed by atoms with E-state index < -0.39 is 12.2 Å². The van der Waals surface area contributed by atoms with Gasteiger partial charge in [-0.15, -0.1) is 0 Å². The summed E-state index contributed by atoms with van der Waals surface area (Å²) in [5.74, 6) is 0.613. The highest BCUT2D eigenvalue weighted by molar-refractivity contribution is 6.00. The summed E-state index contributed by atoms with van der Waals surface area (Å²) in [6.45, 7) is 1.57. The highest BCUT2D eigenvalue weighted by Gasteiger charge is 2.35. The van der Waals surface area contributed by atoms with Gasteiger partial charge in [-0.1, -0.05) is 6.42 Å². The first-order chi connectivity index (χ1) is 9.99. The molecule has 2 N–H and O–H groups in total. The number of Topliss-reactive ketones (excluding diaryl/α,β-unsaturated/α-hetero) is 2. The Morgan fingerprint density at radius 1 is 1.33 bits per heavy atom. The second-order valence-corrected chi connectivity index (χ2v) is 6.03. The molecule has 2 rings (SSSR count). The van der Waals surface area contributed by atoms with Gasteiger partial charge in [0.15, 0.2) is 5.78 Å². The summed E-state index contributed by atoms with van der Waals surface area (Å²) in [7, 11) is 0. The number of carbonyl (C=O) groups is 2. The summed E-state index contributed by atoms with van der Waals surface area (Å²) in [5.41, 5.74) is 0.605. The fraction of sp³-hybridized carbons (Fsp3) is 0.750. The van der Waals surface area contributed by atoms with Crippen molar-refractivity contribution < 1.29 is 24.5 Å². The van der Waals surface area contributed by atoms with E-state index in [1.165, 1.54) is 0 Å². The van der Waals surface area contributed by atoms with Gasteiger partial charge in [0.25, 0.3) is 0 Å². The number of unbranched alkanes of at least 4 members (excludes halogenated alkanes) is 1. The lowest BCUT2D eigenvalue weighted by atomic mass is 9.87. The van der Waals surface area contributed by atoms with Crippen molar-refractivity contribution >= 4 is 11.6 Å². The lowest BCUT2D eigenvalue weighted by Gasteiger charge is -2.34. The molecule has 1 heterocycles. The maximum absolute atomic E-state index is 11.8. The van der Waals surface area contributed by atoms with Crippen LogP contribution in [0.2, 0.25) is 0 Å². The number of hydrogen-bond acceptors (Lipinski definition) is 5. The Morgan fingerprint density at radius 2 is 2.10 bits per heavy atom. The smallest absolute Gasteiger partial charge is 0.190 e. The number of aliphatic hydroxyl groups excluding tert-OH is 2. The molecule has 118 valence electrons. The maximum Gasteiger partial charge on any atom is 0.190 e. The van der Waals surface area contributed by atoms with Crippen LogP contribution in [0.1, 0.15) is 58.3 Å². The summed E-state index contributed by atoms with van der Waals surface area (Å²) >= 11 is 0. The van der Waals surface area contributed by atoms with E-state index in [2.05, 4.69) is 0 Å². The van der Waals surface area contributed by atoms with Crippen LogP contribution in [0.5, 0.6) is 0 Å². The third-order valence-electron chi connectivity index (χ3n) is 4.26. The minimum Gasteiger partial charge on any atom is -0.492 e. The van der Waals surface area contributed by atoms with Gasteiger partial charge in [-0.2, -0.15) is 0 Å². The average molecular weight is 296 g/mol. The number of hydrogen-bond donors (Lipinski definition) is 2. The lowest BCUT2D eigenvalue weighted by Crippen LogP contribution is -2.37. The maximum atomic E-state index is 11.8. The van der Waals surface area contributed by atoms with E-state index in [1.807, 2.05) is 0 Å². The van der Waals surface area contributed by atoms with Crippen molar-refractivity contribution in [2.75, 3.05) is 0 Å². The highest BCUT2D eigenvalue weighted by Crippen LogP contribution is 2.34. The Bertz CT molecular complexity index is 440. The van der Waals surface area contributed by atoms with Gasteiger partial charge in [-0.05, 0) is 39.0 Å². The quantitative estimate of drug-likeness (QED) is 0.728. The number of rotatable bonds is 6. The number of carbonyl (C=O) groups excluding carboxylic acids is 2. The topological polar surface area (TPSA) is 83.8 Å². The molecule has 0 aromatic rings. The molecule has 1 aliphatic carbocycles. The molecule has 21 heavy (non-hydrogen) atoms. The molecule has 0 aromatic carbocycles. The van der Waals surface area contributed by atoms with Crippen LogP contribution in [-0.2, 0) is 14.3 Å². The van der Waals surface area contributed by atoms with Gasteiger partial charge in [0.2, 0.25) is 0 Å². The summed E-state index contributed by atoms with van der Waals surface area (Å²) in [4.78, 5) is 22.7. The number of allylic oxidation sites excluding steroid dienone is 1. The molecule has 0 spiro atoms. The first-order valence-electron chi connectivity index (χ1n) is 7.77. The fourth-order valence-corrected chi connectivity index (χ4v) is 2.99. The van der Waals surface area contributed by atoms with Crippen LogP contribution >= 0.6 is 0 Å². The SMILES string of the molecule is CC(=O)CCCC[C@H](O)[C@@H]1CCC2=C(CC[C@H](O)C2=O)O1. The van der Waals surface area contributed by atoms with Crippen molar-refractivity contribution in [2.24, 2.45) is 0 Å². The first-order valence-corrected chi connectivity index (χ1v) is 7.77. The third kappa shape index (κ3) is 4.14. The predicted molar refractivity (Wildman–Crippen MR) is 76.5 cm³/mol. The summed E-state index contributed by atoms with van der Waals surface area (Å²) in [6.07, 6.45) is 3.16. The van der Waals surface area contributed by atoms with Gasteiger partial charge in [0, 0.05) is 18.4 Å². The van der Waals surface area contributed by atoms with Crippen LogP contribution in [-0.4, -0.2) is 40.1 Å². The minimum absolute atomic E-state index is 0.174. The van der Waals surface area contributed by atoms with Gasteiger partial charge in [0.05, 0.1) is 6.10 Å². The van der Waals surface area contributed by atoms with Gasteiger partial charge < -0.3 is 19.7 Å². The fourth-order valence-electron chi connectivity index (χ4n) is 2.99. The Labute approximate surface area is 125 Å². The van der Waals surface area contributed by atoms with Crippen molar-refractivity contribution in [2.45, 2.75) is 76.6 Å². The molecule has 3 atom stereocenters. The van der Waals surface area contributed by atoms with E-state index in [0.29, 0.717) is 49.9 Å². The van der Waals surface area contributed by atoms with E-state index in [9.17, 15) is 19.8 Å². The number of aliphatic hydroxyl groups is 2. The summed E-state index contributed by atoms with van der Waals surface area (Å²) < 4.78 is 5.78. The van der Waals surface area contributed by atoms with E-state index in [4.69, 9.17) is 4.74 Å². The minimum atomic E-state index is -0.889. The van der Waals surface area contributed by atoms with Crippen LogP contribution in [0.3, 0.4) is 0 Å². The molecule has 0 unspecified atom stereocenters. The lowest BCUT2D eigenvalue weighted by molar-refractivity contribution is -0.126. The molecular formula is C16H24O5. The molecular weight excluding hydrogens is 272 g/mol. The molecule has 0 saturated carbocycles. The van der Waals surface area contributed by atoms with Crippen LogP contribution in [0.15, 0.2) is 11.3 Å². The summed E-state index contributed by atoms with van der Waals surface area (Å²) in [6, 6.07) is 0. The second kappa shape index (κ2) is 7.18. The molecule has 5 heteroatoms. The first kappa shape index (κ1) is 16.2. The molecule has 0 amide bonds. The van der Waals surface area contributed by atoms with Crippen molar-refractivity contribution in [1.29, 1.82) is 0 Å². The Kier molecular flexibility index (Phi) is 5.53. The molecule has 0 radical (unpaired) electrons. The normalized spacial score (nSPS) is 27.1. The van der Waals surface area contributed by atoms with Crippen LogP contribution in [0, 0.1) is 0 Å². The second-order valence-electron chi connectivity index (χ2n) is 6.03. The molecule has 1 aliphatic heterocycles. The van der Waals surface area contributed by atoms with Gasteiger partial charge in [-0.3, -0.25) is 4.79 Å². The zero-order valence-electron chi connectivity index (χ0n) is 12.5. The van der Waals surface area contributed by atoms with E-state index in [0.717, 1.165) is 12.8 Å². The Balaban J connectivity index is 1.83. The van der Waals surface area contributed by atoms with E-state index in [-0.39, 0.29) is 17.7 Å². The van der Waals surface area contributed by atoms with E-state index >= 15 is 0 Å². The highest BCUT2D eigenvalue weighted by atomic mass is 16.5. The van der Waals surface area contributed by atoms with Crippen LogP contribution in [0.25, 0.3) is 0 Å². The van der Waals surface area contributed by atoms with Gasteiger partial charge in [-0.25, -0.2) is 0 Å². The summed E-state index contributed by atoms with van der Waals surface area (Å²) in [5, 5.41) is 19.7. The van der Waals surface area contributed by atoms with Crippen LogP contribution < -0.4 is 0 Å². The molecule has 2 aliphatic rings. The van der Waals surface area contributed by atoms with Crippen molar-refractivity contribution in [3.05, 3.63) is 11.3 Å². The van der Waals surface area contributed by atoms with Gasteiger partial charge >= 0.3 is 0 Å². The molecule has 0 bridgehead atoms. The van der Waals surface area contributed by atoms with Crippen molar-refractivity contribution in [3.63, 3.8) is 0 Å². The van der Waals surface area contributed by atoms with Crippen molar-refractivity contribution in [3.8, 4) is 0 Å². The average Bonchev–Trinajstić information content (AvgIpc) is 2.46. The standard InChI is InChI=1S/C16H24O5/c1-10(17)4-2-3-5-12(18)15-8-6-11-14(21-15)9-7-13(19)16(11)20/h12-13,15,18-19H,2-9H2,1H3/t12-,13-,15-/m0/s1. The third-order valence-corrected chi connectivity index (χ3v) is 4.26. The molecule has 0 fully saturated rings. The Morgan fingerprint density at radius 3 is 2.81 bits per heavy atom. The zero-order valence-corrected chi connectivity index (χ0v) is 12.5. The number of ether oxygens (including phenoxy) is 1. The van der Waals surface area contributed by atoms with Crippen LogP contribution in [0.4, 0.5) is 0 Å². The zero-order chi connectivity index (χ0) is 15.4. The molecule has 5 nitrogen and oxygen atoms in total. The largest absolute Gasteiger partial charge is 0.492 e. The van der Waals surface area contributed by atoms with Gasteiger partial charge in [0.1, 0.15) is 23.8 Å². The number of ketones is 2. The molecule has 0 saturated heterocycles. The monoisotopic (exact) mass is 296 g/mol. The van der Waals surface area contributed by atoms with Crippen molar-refractivity contribution in [1.82, 2.24) is 0 Å². The predicted octanol–water partition coefficient (Wildman–Crippen LogP) is 1.65. The Hall–Kier alpha value is -1.20. The molecule has 0 aromatic heterocycles.